The van der Waals surface area contributed by atoms with Crippen LogP contribution in [0.25, 0.3) is 22.6 Å². The third kappa shape index (κ3) is 3.39. The van der Waals surface area contributed by atoms with Crippen LogP contribution in [0.4, 0.5) is 11.5 Å². The molecule has 3 aromatic rings. The average molecular weight is 345 g/mol. The van der Waals surface area contributed by atoms with Crippen molar-refractivity contribution in [3.8, 4) is 22.6 Å². The number of carbonyl (C=O) groups excluding carboxylic acids is 1. The molecule has 0 radical (unpaired) electrons. The Hall–Kier alpha value is -3.28. The Balaban J connectivity index is 1.66. The third-order valence-electron chi connectivity index (χ3n) is 4.42. The third-order valence-corrected chi connectivity index (χ3v) is 4.42. The van der Waals surface area contributed by atoms with Crippen molar-refractivity contribution in [1.29, 1.82) is 0 Å². The van der Waals surface area contributed by atoms with E-state index in [9.17, 15) is 4.79 Å². The van der Waals surface area contributed by atoms with Gasteiger partial charge in [-0.1, -0.05) is 12.1 Å². The van der Waals surface area contributed by atoms with Gasteiger partial charge in [-0.15, -0.1) is 0 Å². The van der Waals surface area contributed by atoms with Crippen molar-refractivity contribution in [2.24, 2.45) is 5.92 Å². The van der Waals surface area contributed by atoms with Crippen LogP contribution in [0.15, 0.2) is 48.8 Å². The van der Waals surface area contributed by atoms with E-state index in [4.69, 9.17) is 10.7 Å². The molecule has 0 aliphatic heterocycles. The summed E-state index contributed by atoms with van der Waals surface area (Å²) in [7, 11) is 0. The maximum atomic E-state index is 11.9. The number of amides is 1. The monoisotopic (exact) mass is 345 g/mol. The normalized spacial score (nSPS) is 13.4. The summed E-state index contributed by atoms with van der Waals surface area (Å²) < 4.78 is 0. The molecule has 4 rings (SSSR count). The van der Waals surface area contributed by atoms with Crippen LogP contribution >= 0.6 is 0 Å². The number of aryl methyl sites for hydroxylation is 1. The van der Waals surface area contributed by atoms with Crippen molar-refractivity contribution in [3.05, 3.63) is 54.4 Å². The predicted octanol–water partition coefficient (Wildman–Crippen LogP) is 3.44. The number of anilines is 2. The molecule has 1 aromatic carbocycles. The number of carbonyl (C=O) groups is 1. The van der Waals surface area contributed by atoms with Gasteiger partial charge in [0.15, 0.2) is 0 Å². The zero-order valence-electron chi connectivity index (χ0n) is 14.4. The van der Waals surface area contributed by atoms with Gasteiger partial charge in [0.2, 0.25) is 5.91 Å². The highest BCUT2D eigenvalue weighted by Gasteiger charge is 2.29. The van der Waals surface area contributed by atoms with Gasteiger partial charge in [0, 0.05) is 23.2 Å². The molecule has 130 valence electrons. The Morgan fingerprint density at radius 2 is 1.88 bits per heavy atom. The van der Waals surface area contributed by atoms with E-state index < -0.39 is 0 Å². The molecule has 0 unspecified atom stereocenters. The zero-order valence-corrected chi connectivity index (χ0v) is 14.4. The summed E-state index contributed by atoms with van der Waals surface area (Å²) in [5.41, 5.74) is 10.9. The van der Waals surface area contributed by atoms with Crippen molar-refractivity contribution < 1.29 is 4.79 Å². The number of benzene rings is 1. The van der Waals surface area contributed by atoms with Crippen LogP contribution < -0.4 is 11.1 Å². The molecule has 6 heteroatoms. The number of nitrogens with one attached hydrogen (secondary N) is 1. The molecule has 0 spiro atoms. The van der Waals surface area contributed by atoms with E-state index >= 15 is 0 Å². The molecule has 1 saturated carbocycles. The van der Waals surface area contributed by atoms with Gasteiger partial charge in [-0.2, -0.15) is 0 Å². The van der Waals surface area contributed by atoms with Gasteiger partial charge >= 0.3 is 0 Å². The number of hydrogen-bond acceptors (Lipinski definition) is 5. The van der Waals surface area contributed by atoms with Gasteiger partial charge < -0.3 is 11.1 Å². The first-order valence-corrected chi connectivity index (χ1v) is 8.57. The first-order valence-electron chi connectivity index (χ1n) is 8.57. The molecule has 1 fully saturated rings. The summed E-state index contributed by atoms with van der Waals surface area (Å²) in [6.45, 7) is 2.03. The fraction of sp³-hybridized carbons (Fsp3) is 0.200. The summed E-state index contributed by atoms with van der Waals surface area (Å²) in [4.78, 5) is 25.1. The van der Waals surface area contributed by atoms with E-state index in [1.54, 1.807) is 6.07 Å². The Morgan fingerprint density at radius 3 is 2.69 bits per heavy atom. The molecule has 2 aromatic heterocycles. The number of pyridine rings is 1. The van der Waals surface area contributed by atoms with Crippen LogP contribution in [-0.4, -0.2) is 20.9 Å². The smallest absolute Gasteiger partial charge is 0.228 e. The lowest BCUT2D eigenvalue weighted by Gasteiger charge is -2.09. The first kappa shape index (κ1) is 16.2. The van der Waals surface area contributed by atoms with E-state index in [1.165, 1.54) is 6.33 Å². The quantitative estimate of drug-likeness (QED) is 0.706. The minimum Gasteiger partial charge on any atom is -0.399 e. The van der Waals surface area contributed by atoms with E-state index in [0.29, 0.717) is 22.9 Å². The molecule has 3 N–H and O–H groups in total. The summed E-state index contributed by atoms with van der Waals surface area (Å²) in [6.07, 6.45) is 3.35. The number of rotatable bonds is 4. The van der Waals surface area contributed by atoms with E-state index in [-0.39, 0.29) is 11.8 Å². The number of nitrogen functional groups attached to an aromatic ring is 1. The minimum absolute atomic E-state index is 0.0201. The van der Waals surface area contributed by atoms with Gasteiger partial charge in [-0.25, -0.2) is 15.0 Å². The molecule has 2 heterocycles. The predicted molar refractivity (Wildman–Crippen MR) is 101 cm³/mol. The van der Waals surface area contributed by atoms with Gasteiger partial charge in [0.1, 0.15) is 12.1 Å². The number of nitrogens with zero attached hydrogens (tertiary/aromatic N) is 3. The largest absolute Gasteiger partial charge is 0.399 e. The molecule has 0 saturated heterocycles. The van der Waals surface area contributed by atoms with Gasteiger partial charge in [-0.3, -0.25) is 4.79 Å². The maximum absolute atomic E-state index is 11.9. The Labute approximate surface area is 151 Å². The second-order valence-corrected chi connectivity index (χ2v) is 6.53. The SMILES string of the molecule is Cc1ccc(N)cc1-c1cccc(-c2cc(NC(=O)C3CC3)ncn2)n1. The van der Waals surface area contributed by atoms with Crippen LogP contribution in [0, 0.1) is 12.8 Å². The molecule has 26 heavy (non-hydrogen) atoms. The van der Waals surface area contributed by atoms with E-state index in [2.05, 4.69) is 15.3 Å². The molecule has 1 aliphatic carbocycles. The van der Waals surface area contributed by atoms with Crippen LogP contribution in [-0.2, 0) is 4.79 Å². The average Bonchev–Trinajstić information content (AvgIpc) is 3.49. The molecular weight excluding hydrogens is 326 g/mol. The van der Waals surface area contributed by atoms with Crippen molar-refractivity contribution in [3.63, 3.8) is 0 Å². The van der Waals surface area contributed by atoms with E-state index in [0.717, 1.165) is 29.7 Å². The number of aromatic nitrogens is 3. The van der Waals surface area contributed by atoms with Crippen molar-refractivity contribution in [1.82, 2.24) is 15.0 Å². The Bertz CT molecular complexity index is 981. The van der Waals surface area contributed by atoms with Gasteiger partial charge in [-0.05, 0) is 49.6 Å². The number of nitrogens with two attached hydrogens (primary N) is 1. The maximum Gasteiger partial charge on any atom is 0.228 e. The lowest BCUT2D eigenvalue weighted by Crippen LogP contribution is -2.14. The van der Waals surface area contributed by atoms with E-state index in [1.807, 2.05) is 43.3 Å². The van der Waals surface area contributed by atoms with Gasteiger partial charge in [0.05, 0.1) is 17.1 Å². The van der Waals surface area contributed by atoms with Crippen LogP contribution in [0.1, 0.15) is 18.4 Å². The summed E-state index contributed by atoms with van der Waals surface area (Å²) >= 11 is 0. The molecule has 1 amide bonds. The number of hydrogen-bond donors (Lipinski definition) is 2. The summed E-state index contributed by atoms with van der Waals surface area (Å²) in [5, 5.41) is 2.84. The highest BCUT2D eigenvalue weighted by atomic mass is 16.2. The molecule has 0 atom stereocenters. The fourth-order valence-electron chi connectivity index (χ4n) is 2.78. The molecular formula is C20H19N5O. The zero-order chi connectivity index (χ0) is 18.1. The van der Waals surface area contributed by atoms with Crippen molar-refractivity contribution in [2.45, 2.75) is 19.8 Å². The summed E-state index contributed by atoms with van der Waals surface area (Å²) in [5.74, 6) is 0.646. The Kier molecular flexibility index (Phi) is 4.08. The van der Waals surface area contributed by atoms with Crippen LogP contribution in [0.3, 0.4) is 0 Å². The Morgan fingerprint density at radius 1 is 1.08 bits per heavy atom. The second kappa shape index (κ2) is 6.55. The van der Waals surface area contributed by atoms with Gasteiger partial charge in [0.25, 0.3) is 0 Å². The molecule has 0 bridgehead atoms. The lowest BCUT2D eigenvalue weighted by atomic mass is 10.0. The van der Waals surface area contributed by atoms with Crippen LogP contribution in [0.5, 0.6) is 0 Å². The highest BCUT2D eigenvalue weighted by molar-refractivity contribution is 5.93. The highest BCUT2D eigenvalue weighted by Crippen LogP contribution is 2.30. The lowest BCUT2D eigenvalue weighted by molar-refractivity contribution is -0.117. The fourth-order valence-corrected chi connectivity index (χ4v) is 2.78. The standard InChI is InChI=1S/C20H19N5O/c1-12-5-8-14(21)9-15(12)16-3-2-4-17(24-16)18-10-19(23-11-22-18)25-20(26)13-6-7-13/h2-5,8-11,13H,6-7,21H2,1H3,(H,22,23,25,26). The van der Waals surface area contributed by atoms with Crippen molar-refractivity contribution >= 4 is 17.4 Å². The first-order chi connectivity index (χ1) is 12.6. The topological polar surface area (TPSA) is 93.8 Å². The summed E-state index contributed by atoms with van der Waals surface area (Å²) in [6, 6.07) is 13.3. The molecule has 1 aliphatic rings. The molecule has 6 nitrogen and oxygen atoms in total. The minimum atomic E-state index is 0.0201. The van der Waals surface area contributed by atoms with Crippen LogP contribution in [0.2, 0.25) is 0 Å². The van der Waals surface area contributed by atoms with Crippen molar-refractivity contribution in [2.75, 3.05) is 11.1 Å². The second-order valence-electron chi connectivity index (χ2n) is 6.53.